The standard InChI is InChI=1S/C14H22FN3O/c1-18(2)10-9-17-14(19)7-8-16-11-12-3-5-13(15)6-4-12/h3-6,16H,7-11H2,1-2H3,(H,17,19). The Hall–Kier alpha value is -1.46. The van der Waals surface area contributed by atoms with E-state index in [2.05, 4.69) is 10.6 Å². The molecule has 1 rings (SSSR count). The van der Waals surface area contributed by atoms with Gasteiger partial charge in [-0.05, 0) is 31.8 Å². The third-order valence-corrected chi connectivity index (χ3v) is 2.65. The summed E-state index contributed by atoms with van der Waals surface area (Å²) in [5.74, 6) is -0.183. The van der Waals surface area contributed by atoms with Gasteiger partial charge in [-0.3, -0.25) is 4.79 Å². The van der Waals surface area contributed by atoms with Crippen LogP contribution in [0.15, 0.2) is 24.3 Å². The van der Waals surface area contributed by atoms with Crippen molar-refractivity contribution in [1.82, 2.24) is 15.5 Å². The summed E-state index contributed by atoms with van der Waals surface area (Å²) >= 11 is 0. The molecule has 0 unspecified atom stereocenters. The van der Waals surface area contributed by atoms with Crippen molar-refractivity contribution < 1.29 is 9.18 Å². The molecule has 0 saturated heterocycles. The summed E-state index contributed by atoms with van der Waals surface area (Å²) in [6.45, 7) is 2.77. The molecule has 2 N–H and O–H groups in total. The average Bonchev–Trinajstić information content (AvgIpc) is 2.36. The summed E-state index contributed by atoms with van der Waals surface area (Å²) in [5.41, 5.74) is 1.01. The second kappa shape index (κ2) is 8.61. The molecule has 1 aromatic rings. The molecule has 4 nitrogen and oxygen atoms in total. The molecule has 0 bridgehead atoms. The van der Waals surface area contributed by atoms with Crippen LogP contribution in [0.5, 0.6) is 0 Å². The number of amides is 1. The highest BCUT2D eigenvalue weighted by Gasteiger charge is 2.00. The quantitative estimate of drug-likeness (QED) is 0.690. The number of nitrogens with one attached hydrogen (secondary N) is 2. The Labute approximate surface area is 114 Å². The van der Waals surface area contributed by atoms with E-state index in [1.165, 1.54) is 12.1 Å². The van der Waals surface area contributed by atoms with Crippen LogP contribution in [-0.2, 0) is 11.3 Å². The van der Waals surface area contributed by atoms with Crippen molar-refractivity contribution in [2.45, 2.75) is 13.0 Å². The summed E-state index contributed by atoms with van der Waals surface area (Å²) in [6, 6.07) is 6.34. The van der Waals surface area contributed by atoms with Crippen molar-refractivity contribution in [3.63, 3.8) is 0 Å². The van der Waals surface area contributed by atoms with Gasteiger partial charge in [0.1, 0.15) is 5.82 Å². The van der Waals surface area contributed by atoms with Gasteiger partial charge in [-0.15, -0.1) is 0 Å². The Kier molecular flexibility index (Phi) is 7.07. The first-order valence-corrected chi connectivity index (χ1v) is 6.44. The molecule has 0 spiro atoms. The molecule has 0 aliphatic heterocycles. The van der Waals surface area contributed by atoms with Gasteiger partial charge in [-0.25, -0.2) is 4.39 Å². The maximum Gasteiger partial charge on any atom is 0.221 e. The van der Waals surface area contributed by atoms with Gasteiger partial charge in [0.15, 0.2) is 0 Å². The monoisotopic (exact) mass is 267 g/mol. The van der Waals surface area contributed by atoms with E-state index in [9.17, 15) is 9.18 Å². The van der Waals surface area contributed by atoms with E-state index in [4.69, 9.17) is 0 Å². The fourth-order valence-corrected chi connectivity index (χ4v) is 1.54. The first-order valence-electron chi connectivity index (χ1n) is 6.44. The van der Waals surface area contributed by atoms with Crippen LogP contribution >= 0.6 is 0 Å². The van der Waals surface area contributed by atoms with Gasteiger partial charge < -0.3 is 15.5 Å². The van der Waals surface area contributed by atoms with Gasteiger partial charge in [0.25, 0.3) is 0 Å². The molecule has 19 heavy (non-hydrogen) atoms. The summed E-state index contributed by atoms with van der Waals surface area (Å²) in [6.07, 6.45) is 0.453. The van der Waals surface area contributed by atoms with E-state index in [-0.39, 0.29) is 11.7 Å². The minimum Gasteiger partial charge on any atom is -0.355 e. The number of likely N-dealkylation sites (N-methyl/N-ethyl adjacent to an activating group) is 1. The highest BCUT2D eigenvalue weighted by Crippen LogP contribution is 2.01. The average molecular weight is 267 g/mol. The number of rotatable bonds is 8. The second-order valence-electron chi connectivity index (χ2n) is 4.71. The first-order chi connectivity index (χ1) is 9.08. The lowest BCUT2D eigenvalue weighted by Gasteiger charge is -2.10. The largest absolute Gasteiger partial charge is 0.355 e. The van der Waals surface area contributed by atoms with Gasteiger partial charge >= 0.3 is 0 Å². The van der Waals surface area contributed by atoms with Crippen LogP contribution in [0.2, 0.25) is 0 Å². The fraction of sp³-hybridized carbons (Fsp3) is 0.500. The molecule has 1 amide bonds. The van der Waals surface area contributed by atoms with E-state index < -0.39 is 0 Å². The highest BCUT2D eigenvalue weighted by molar-refractivity contribution is 5.76. The zero-order valence-corrected chi connectivity index (χ0v) is 11.6. The summed E-state index contributed by atoms with van der Waals surface area (Å²) in [7, 11) is 3.94. The van der Waals surface area contributed by atoms with Gasteiger partial charge in [0.2, 0.25) is 5.91 Å². The molecular weight excluding hydrogens is 245 g/mol. The number of halogens is 1. The first kappa shape index (κ1) is 15.6. The van der Waals surface area contributed by atoms with E-state index in [0.717, 1.165) is 12.1 Å². The summed E-state index contributed by atoms with van der Waals surface area (Å²) in [5, 5.41) is 6.01. The van der Waals surface area contributed by atoms with Crippen LogP contribution in [0, 0.1) is 5.82 Å². The number of hydrogen-bond acceptors (Lipinski definition) is 3. The molecule has 0 heterocycles. The third-order valence-electron chi connectivity index (χ3n) is 2.65. The molecular formula is C14H22FN3O. The lowest BCUT2D eigenvalue weighted by Crippen LogP contribution is -2.33. The third kappa shape index (κ3) is 7.54. The number of benzene rings is 1. The van der Waals surface area contributed by atoms with Gasteiger partial charge in [0.05, 0.1) is 0 Å². The zero-order chi connectivity index (χ0) is 14.1. The Morgan fingerprint density at radius 2 is 1.89 bits per heavy atom. The number of carbonyl (C=O) groups is 1. The SMILES string of the molecule is CN(C)CCNC(=O)CCNCc1ccc(F)cc1. The Morgan fingerprint density at radius 1 is 1.21 bits per heavy atom. The molecule has 0 saturated carbocycles. The fourth-order valence-electron chi connectivity index (χ4n) is 1.54. The molecule has 106 valence electrons. The van der Waals surface area contributed by atoms with E-state index in [1.807, 2.05) is 19.0 Å². The molecule has 1 aromatic carbocycles. The lowest BCUT2D eigenvalue weighted by atomic mass is 10.2. The molecule has 0 aliphatic rings. The maximum absolute atomic E-state index is 12.7. The van der Waals surface area contributed by atoms with Crippen molar-refractivity contribution >= 4 is 5.91 Å². The Morgan fingerprint density at radius 3 is 2.53 bits per heavy atom. The topological polar surface area (TPSA) is 44.4 Å². The van der Waals surface area contributed by atoms with Crippen LogP contribution in [0.3, 0.4) is 0 Å². The van der Waals surface area contributed by atoms with Crippen LogP contribution in [0.25, 0.3) is 0 Å². The number of carbonyl (C=O) groups excluding carboxylic acids is 1. The van der Waals surface area contributed by atoms with Gasteiger partial charge in [-0.2, -0.15) is 0 Å². The van der Waals surface area contributed by atoms with E-state index >= 15 is 0 Å². The molecule has 0 aromatic heterocycles. The molecule has 0 atom stereocenters. The Balaban J connectivity index is 2.07. The second-order valence-corrected chi connectivity index (χ2v) is 4.71. The summed E-state index contributed by atoms with van der Waals surface area (Å²) < 4.78 is 12.7. The van der Waals surface area contributed by atoms with Crippen molar-refractivity contribution in [3.8, 4) is 0 Å². The smallest absolute Gasteiger partial charge is 0.221 e. The summed E-state index contributed by atoms with van der Waals surface area (Å²) in [4.78, 5) is 13.5. The van der Waals surface area contributed by atoms with Crippen LogP contribution in [0.4, 0.5) is 4.39 Å². The minimum absolute atomic E-state index is 0.0495. The lowest BCUT2D eigenvalue weighted by molar-refractivity contribution is -0.121. The molecule has 0 aliphatic carbocycles. The maximum atomic E-state index is 12.7. The van der Waals surface area contributed by atoms with Crippen molar-refractivity contribution in [2.24, 2.45) is 0 Å². The highest BCUT2D eigenvalue weighted by atomic mass is 19.1. The normalized spacial score (nSPS) is 10.7. The number of hydrogen-bond donors (Lipinski definition) is 2. The van der Waals surface area contributed by atoms with Crippen LogP contribution in [-0.4, -0.2) is 44.5 Å². The number of nitrogens with zero attached hydrogens (tertiary/aromatic N) is 1. The predicted molar refractivity (Wildman–Crippen MR) is 74.3 cm³/mol. The van der Waals surface area contributed by atoms with Crippen molar-refractivity contribution in [1.29, 1.82) is 0 Å². The molecule has 0 fully saturated rings. The van der Waals surface area contributed by atoms with E-state index in [0.29, 0.717) is 26.1 Å². The zero-order valence-electron chi connectivity index (χ0n) is 11.6. The minimum atomic E-state index is -0.232. The van der Waals surface area contributed by atoms with Gasteiger partial charge in [0, 0.05) is 32.6 Å². The van der Waals surface area contributed by atoms with Crippen LogP contribution < -0.4 is 10.6 Å². The van der Waals surface area contributed by atoms with E-state index in [1.54, 1.807) is 12.1 Å². The van der Waals surface area contributed by atoms with Crippen molar-refractivity contribution in [3.05, 3.63) is 35.6 Å². The van der Waals surface area contributed by atoms with Gasteiger partial charge in [-0.1, -0.05) is 12.1 Å². The van der Waals surface area contributed by atoms with Crippen molar-refractivity contribution in [2.75, 3.05) is 33.7 Å². The molecule has 0 radical (unpaired) electrons. The van der Waals surface area contributed by atoms with Crippen LogP contribution in [0.1, 0.15) is 12.0 Å². The molecule has 5 heteroatoms. The Bertz CT molecular complexity index is 379. The predicted octanol–water partition coefficient (Wildman–Crippen LogP) is 0.983.